The Hall–Kier alpha value is -0.000519. The summed E-state index contributed by atoms with van der Waals surface area (Å²) < 4.78 is 16.5. The van der Waals surface area contributed by atoms with E-state index in [4.69, 9.17) is 2.74 Å². The fourth-order valence-corrected chi connectivity index (χ4v) is 2.72. The standard InChI is InChI=1S/C9H14Se/c1-7-5-6-10-8(7)9(2,3)4/h5-6H,1-4H3/i5D,6D. The van der Waals surface area contributed by atoms with Crippen molar-refractivity contribution in [1.29, 1.82) is 0 Å². The first-order chi connectivity index (χ1) is 5.34. The van der Waals surface area contributed by atoms with Crippen LogP contribution in [-0.2, 0) is 5.41 Å². The Bertz CT molecular complexity index is 294. The van der Waals surface area contributed by atoms with Crippen LogP contribution in [0, 0.1) is 6.92 Å². The monoisotopic (exact) mass is 204 g/mol. The Kier molecular flexibility index (Phi) is 1.44. The fraction of sp³-hybridized carbons (Fsp3) is 0.556. The van der Waals surface area contributed by atoms with Crippen molar-refractivity contribution >= 4 is 14.5 Å². The van der Waals surface area contributed by atoms with Crippen LogP contribution in [0.4, 0.5) is 0 Å². The third-order valence-corrected chi connectivity index (χ3v) is 4.20. The first-order valence-corrected chi connectivity index (χ1v) is 5.12. The second-order valence-electron chi connectivity index (χ2n) is 3.53. The maximum atomic E-state index is 7.60. The predicted octanol–water partition coefficient (Wildman–Crippen LogP) is 2.35. The average molecular weight is 203 g/mol. The van der Waals surface area contributed by atoms with Gasteiger partial charge in [-0.1, -0.05) is 0 Å². The van der Waals surface area contributed by atoms with E-state index in [1.54, 1.807) is 0 Å². The van der Waals surface area contributed by atoms with E-state index in [-0.39, 0.29) is 19.9 Å². The van der Waals surface area contributed by atoms with Crippen LogP contribution in [0.3, 0.4) is 0 Å². The molecular formula is C9H14Se. The van der Waals surface area contributed by atoms with Gasteiger partial charge in [0.15, 0.2) is 0 Å². The summed E-state index contributed by atoms with van der Waals surface area (Å²) in [6.45, 7) is 8.42. The molecular weight excluding hydrogens is 187 g/mol. The van der Waals surface area contributed by atoms with E-state index in [2.05, 4.69) is 20.8 Å². The van der Waals surface area contributed by atoms with Crippen molar-refractivity contribution in [2.24, 2.45) is 0 Å². The van der Waals surface area contributed by atoms with Crippen molar-refractivity contribution in [2.75, 3.05) is 0 Å². The summed E-state index contributed by atoms with van der Waals surface area (Å²) in [7, 11) is 0. The minimum absolute atomic E-state index is 0.111. The number of hydrogen-bond donors (Lipinski definition) is 0. The first-order valence-electron chi connectivity index (χ1n) is 4.41. The van der Waals surface area contributed by atoms with Crippen LogP contribution in [-0.4, -0.2) is 14.5 Å². The van der Waals surface area contributed by atoms with Gasteiger partial charge in [0.25, 0.3) is 0 Å². The summed E-state index contributed by atoms with van der Waals surface area (Å²) in [5, 5.41) is 0. The molecule has 10 heavy (non-hydrogen) atoms. The predicted molar refractivity (Wildman–Crippen MR) is 46.8 cm³/mol. The Morgan fingerprint density at radius 2 is 2.10 bits per heavy atom. The fourth-order valence-electron chi connectivity index (χ4n) is 1.00. The summed E-state index contributed by atoms with van der Waals surface area (Å²) in [4.78, 5) is 0.532. The van der Waals surface area contributed by atoms with E-state index in [1.807, 2.05) is 6.92 Å². The molecule has 0 aliphatic heterocycles. The van der Waals surface area contributed by atoms with E-state index in [1.165, 1.54) is 4.44 Å². The third kappa shape index (κ3) is 1.53. The first kappa shape index (κ1) is 5.62. The van der Waals surface area contributed by atoms with Gasteiger partial charge >= 0.3 is 71.3 Å². The summed E-state index contributed by atoms with van der Waals surface area (Å²) in [6.07, 6.45) is 0. The molecule has 1 aromatic rings. The van der Waals surface area contributed by atoms with E-state index in [9.17, 15) is 0 Å². The molecule has 0 atom stereocenters. The van der Waals surface area contributed by atoms with E-state index >= 15 is 0 Å². The third-order valence-electron chi connectivity index (χ3n) is 1.41. The van der Waals surface area contributed by atoms with Crippen LogP contribution < -0.4 is 0 Å². The SMILES string of the molecule is [2H]c1[se]c(C(C)(C)C)c(C)c1[2H]. The Morgan fingerprint density at radius 3 is 2.30 bits per heavy atom. The number of hydrogen-bond acceptors (Lipinski definition) is 0. The van der Waals surface area contributed by atoms with Crippen LogP contribution >= 0.6 is 0 Å². The molecule has 0 aliphatic carbocycles. The van der Waals surface area contributed by atoms with Crippen molar-refractivity contribution in [2.45, 2.75) is 33.1 Å². The van der Waals surface area contributed by atoms with Crippen LogP contribution in [0.25, 0.3) is 0 Å². The van der Waals surface area contributed by atoms with Crippen molar-refractivity contribution in [3.8, 4) is 0 Å². The zero-order chi connectivity index (χ0) is 9.52. The van der Waals surface area contributed by atoms with E-state index in [0.29, 0.717) is 11.0 Å². The summed E-state index contributed by atoms with van der Waals surface area (Å²) in [5.41, 5.74) is 1.17. The molecule has 0 saturated heterocycles. The van der Waals surface area contributed by atoms with Gasteiger partial charge in [-0.15, -0.1) is 0 Å². The summed E-state index contributed by atoms with van der Waals surface area (Å²) in [5.74, 6) is 0. The van der Waals surface area contributed by atoms with Crippen molar-refractivity contribution in [1.82, 2.24) is 0 Å². The molecule has 0 fully saturated rings. The van der Waals surface area contributed by atoms with E-state index in [0.717, 1.165) is 5.56 Å². The summed E-state index contributed by atoms with van der Waals surface area (Å²) in [6, 6.07) is 0.458. The molecule has 0 bridgehead atoms. The van der Waals surface area contributed by atoms with Crippen LogP contribution in [0.1, 0.15) is 33.5 Å². The molecule has 56 valence electrons. The van der Waals surface area contributed by atoms with Gasteiger partial charge in [0.1, 0.15) is 0 Å². The molecule has 1 heterocycles. The van der Waals surface area contributed by atoms with Gasteiger partial charge in [0, 0.05) is 0 Å². The van der Waals surface area contributed by atoms with Crippen molar-refractivity contribution in [3.63, 3.8) is 0 Å². The Morgan fingerprint density at radius 1 is 1.50 bits per heavy atom. The van der Waals surface area contributed by atoms with E-state index < -0.39 is 0 Å². The van der Waals surface area contributed by atoms with Gasteiger partial charge < -0.3 is 0 Å². The molecule has 0 saturated carbocycles. The Labute approximate surface area is 71.8 Å². The second kappa shape index (κ2) is 2.56. The molecule has 0 aliphatic rings. The zero-order valence-corrected chi connectivity index (χ0v) is 8.62. The van der Waals surface area contributed by atoms with Gasteiger partial charge in [-0.2, -0.15) is 0 Å². The van der Waals surface area contributed by atoms with Gasteiger partial charge in [0.05, 0.1) is 0 Å². The summed E-state index contributed by atoms with van der Waals surface area (Å²) >= 11 is 0.111. The quantitative estimate of drug-likeness (QED) is 0.568. The van der Waals surface area contributed by atoms with Gasteiger partial charge in [-0.25, -0.2) is 0 Å². The normalized spacial score (nSPS) is 14.8. The van der Waals surface area contributed by atoms with Crippen LogP contribution in [0.2, 0.25) is 0 Å². The molecule has 0 aromatic carbocycles. The molecule has 0 amide bonds. The van der Waals surface area contributed by atoms with Crippen molar-refractivity contribution < 1.29 is 2.74 Å². The average Bonchev–Trinajstić information content (AvgIpc) is 2.15. The van der Waals surface area contributed by atoms with Gasteiger partial charge in [0.2, 0.25) is 0 Å². The van der Waals surface area contributed by atoms with Crippen LogP contribution in [0.5, 0.6) is 0 Å². The van der Waals surface area contributed by atoms with Crippen molar-refractivity contribution in [3.05, 3.63) is 21.0 Å². The molecule has 0 spiro atoms. The molecule has 0 N–H and O–H groups in total. The minimum atomic E-state index is 0.111. The Balaban J connectivity index is 3.28. The second-order valence-corrected chi connectivity index (χ2v) is 5.25. The molecule has 0 radical (unpaired) electrons. The van der Waals surface area contributed by atoms with Crippen LogP contribution in [0.15, 0.2) is 11.0 Å². The molecule has 0 nitrogen and oxygen atoms in total. The maximum absolute atomic E-state index is 7.60. The molecule has 0 unspecified atom stereocenters. The van der Waals surface area contributed by atoms with Gasteiger partial charge in [-0.3, -0.25) is 0 Å². The number of rotatable bonds is 0. The molecule has 1 aromatic heterocycles. The zero-order valence-electron chi connectivity index (χ0n) is 8.91. The molecule has 1 rings (SSSR count). The topological polar surface area (TPSA) is 0 Å². The molecule has 1 heteroatoms. The van der Waals surface area contributed by atoms with Gasteiger partial charge in [-0.05, 0) is 0 Å².